The van der Waals surface area contributed by atoms with Gasteiger partial charge in [-0.15, -0.1) is 0 Å². The fourth-order valence-corrected chi connectivity index (χ4v) is 2.27. The van der Waals surface area contributed by atoms with Crippen LogP contribution in [0.25, 0.3) is 11.3 Å². The van der Waals surface area contributed by atoms with E-state index in [0.717, 1.165) is 43.9 Å². The van der Waals surface area contributed by atoms with Gasteiger partial charge in [0.1, 0.15) is 0 Å². The first kappa shape index (κ1) is 12.9. The van der Waals surface area contributed by atoms with Crippen LogP contribution >= 0.6 is 0 Å². The number of nitrogen functional groups attached to an aromatic ring is 1. The van der Waals surface area contributed by atoms with E-state index in [-0.39, 0.29) is 0 Å². The van der Waals surface area contributed by atoms with E-state index in [1.165, 1.54) is 0 Å². The molecule has 1 fully saturated rings. The molecule has 0 spiro atoms. The molecule has 1 saturated heterocycles. The number of nitrogens with one attached hydrogen (secondary N) is 1. The Morgan fingerprint density at radius 1 is 1.35 bits per heavy atom. The van der Waals surface area contributed by atoms with Crippen LogP contribution in [0.4, 0.5) is 11.6 Å². The first-order valence-electron chi connectivity index (χ1n) is 6.79. The molecular formula is C14H18N4O2. The highest BCUT2D eigenvalue weighted by atomic mass is 16.5. The van der Waals surface area contributed by atoms with Gasteiger partial charge in [-0.05, 0) is 24.8 Å². The molecule has 0 saturated carbocycles. The predicted molar refractivity (Wildman–Crippen MR) is 76.2 cm³/mol. The van der Waals surface area contributed by atoms with Gasteiger partial charge in [0.05, 0.1) is 24.4 Å². The smallest absolute Gasteiger partial charge is 0.169 e. The van der Waals surface area contributed by atoms with Gasteiger partial charge in [0.15, 0.2) is 11.6 Å². The minimum absolute atomic E-state index is 0.421. The molecule has 1 aliphatic heterocycles. The maximum Gasteiger partial charge on any atom is 0.169 e. The summed E-state index contributed by atoms with van der Waals surface area (Å²) in [5, 5.41) is 3.30. The first-order valence-corrected chi connectivity index (χ1v) is 6.79. The van der Waals surface area contributed by atoms with Gasteiger partial charge in [0, 0.05) is 25.3 Å². The van der Waals surface area contributed by atoms with Crippen molar-refractivity contribution in [2.75, 3.05) is 30.8 Å². The van der Waals surface area contributed by atoms with Crippen LogP contribution in [0, 0.1) is 5.92 Å². The number of nitrogens with two attached hydrogens (primary N) is 1. The number of anilines is 2. The summed E-state index contributed by atoms with van der Waals surface area (Å²) in [6.45, 7) is 2.52. The molecule has 6 heteroatoms. The van der Waals surface area contributed by atoms with Crippen molar-refractivity contribution in [1.82, 2.24) is 9.97 Å². The molecule has 0 aliphatic carbocycles. The highest BCUT2D eigenvalue weighted by Crippen LogP contribution is 2.22. The zero-order valence-electron chi connectivity index (χ0n) is 11.2. The van der Waals surface area contributed by atoms with Crippen LogP contribution in [0.2, 0.25) is 0 Å². The van der Waals surface area contributed by atoms with Crippen molar-refractivity contribution in [1.29, 1.82) is 0 Å². The Balaban J connectivity index is 1.70. The molecule has 0 unspecified atom stereocenters. The normalized spacial score (nSPS) is 16.2. The molecule has 3 N–H and O–H groups in total. The van der Waals surface area contributed by atoms with Crippen LogP contribution in [0.3, 0.4) is 0 Å². The molecule has 6 nitrogen and oxygen atoms in total. The third kappa shape index (κ3) is 2.91. The minimum Gasteiger partial charge on any atom is -0.472 e. The second-order valence-electron chi connectivity index (χ2n) is 4.94. The van der Waals surface area contributed by atoms with Crippen molar-refractivity contribution in [3.05, 3.63) is 24.8 Å². The third-order valence-corrected chi connectivity index (χ3v) is 3.52. The summed E-state index contributed by atoms with van der Waals surface area (Å²) in [6.07, 6.45) is 7.05. The monoisotopic (exact) mass is 274 g/mol. The molecule has 0 radical (unpaired) electrons. The third-order valence-electron chi connectivity index (χ3n) is 3.52. The fraction of sp³-hybridized carbons (Fsp3) is 0.429. The van der Waals surface area contributed by atoms with Crippen LogP contribution < -0.4 is 11.1 Å². The summed E-state index contributed by atoms with van der Waals surface area (Å²) in [7, 11) is 0. The van der Waals surface area contributed by atoms with Crippen LogP contribution in [-0.2, 0) is 4.74 Å². The first-order chi connectivity index (χ1) is 9.83. The summed E-state index contributed by atoms with van der Waals surface area (Å²) < 4.78 is 10.4. The summed E-state index contributed by atoms with van der Waals surface area (Å²) in [4.78, 5) is 8.69. The standard InChI is InChI=1S/C14H18N4O2/c15-13-14(17-7-10-1-4-19-5-2-10)18-12(8-16-13)11-3-6-20-9-11/h3,6,8-10H,1-2,4-5,7H2,(H2,15,16)(H,17,18). The summed E-state index contributed by atoms with van der Waals surface area (Å²) >= 11 is 0. The number of hydrogen-bond acceptors (Lipinski definition) is 6. The maximum absolute atomic E-state index is 5.87. The van der Waals surface area contributed by atoms with Crippen molar-refractivity contribution < 1.29 is 9.15 Å². The molecule has 3 heterocycles. The molecule has 1 aliphatic rings. The molecule has 0 atom stereocenters. The van der Waals surface area contributed by atoms with Crippen LogP contribution in [0.15, 0.2) is 29.2 Å². The maximum atomic E-state index is 5.87. The van der Waals surface area contributed by atoms with Crippen LogP contribution in [0.5, 0.6) is 0 Å². The van der Waals surface area contributed by atoms with E-state index in [1.54, 1.807) is 18.7 Å². The zero-order chi connectivity index (χ0) is 13.8. The number of ether oxygens (including phenoxy) is 1. The Bertz CT molecular complexity index is 550. The lowest BCUT2D eigenvalue weighted by atomic mass is 10.0. The topological polar surface area (TPSA) is 86.2 Å². The number of hydrogen-bond donors (Lipinski definition) is 2. The van der Waals surface area contributed by atoms with Gasteiger partial charge in [-0.3, -0.25) is 0 Å². The lowest BCUT2D eigenvalue weighted by molar-refractivity contribution is 0.0699. The Morgan fingerprint density at radius 3 is 2.95 bits per heavy atom. The molecule has 20 heavy (non-hydrogen) atoms. The van der Waals surface area contributed by atoms with Gasteiger partial charge in [0.2, 0.25) is 0 Å². The van der Waals surface area contributed by atoms with E-state index in [2.05, 4.69) is 15.3 Å². The van der Waals surface area contributed by atoms with Crippen LogP contribution in [-0.4, -0.2) is 29.7 Å². The Kier molecular flexibility index (Phi) is 3.83. The number of rotatable bonds is 4. The zero-order valence-corrected chi connectivity index (χ0v) is 11.2. The molecule has 3 rings (SSSR count). The van der Waals surface area contributed by atoms with Gasteiger partial charge in [-0.25, -0.2) is 9.97 Å². The number of aromatic nitrogens is 2. The molecule has 0 aromatic carbocycles. The van der Waals surface area contributed by atoms with E-state index >= 15 is 0 Å². The van der Waals surface area contributed by atoms with E-state index < -0.39 is 0 Å². The van der Waals surface area contributed by atoms with E-state index in [1.807, 2.05) is 6.07 Å². The summed E-state index contributed by atoms with van der Waals surface area (Å²) in [5.74, 6) is 1.65. The largest absolute Gasteiger partial charge is 0.472 e. The SMILES string of the molecule is Nc1ncc(-c2ccoc2)nc1NCC1CCOCC1. The average Bonchev–Trinajstić information content (AvgIpc) is 3.02. The minimum atomic E-state index is 0.421. The molecule has 0 amide bonds. The fourth-order valence-electron chi connectivity index (χ4n) is 2.27. The van der Waals surface area contributed by atoms with Crippen molar-refractivity contribution in [2.45, 2.75) is 12.8 Å². The molecular weight excluding hydrogens is 256 g/mol. The second-order valence-corrected chi connectivity index (χ2v) is 4.94. The lowest BCUT2D eigenvalue weighted by Gasteiger charge is -2.22. The van der Waals surface area contributed by atoms with Gasteiger partial charge in [-0.2, -0.15) is 0 Å². The number of furan rings is 1. The quantitative estimate of drug-likeness (QED) is 0.888. The summed E-state index contributed by atoms with van der Waals surface area (Å²) in [6, 6.07) is 1.85. The van der Waals surface area contributed by atoms with Gasteiger partial charge < -0.3 is 20.2 Å². The average molecular weight is 274 g/mol. The molecule has 2 aromatic rings. The van der Waals surface area contributed by atoms with Crippen molar-refractivity contribution >= 4 is 11.6 Å². The lowest BCUT2D eigenvalue weighted by Crippen LogP contribution is -2.23. The number of nitrogens with zero attached hydrogens (tertiary/aromatic N) is 2. The Morgan fingerprint density at radius 2 is 2.20 bits per heavy atom. The highest BCUT2D eigenvalue weighted by molar-refractivity contribution is 5.64. The van der Waals surface area contributed by atoms with Gasteiger partial charge >= 0.3 is 0 Å². The Labute approximate surface area is 117 Å². The van der Waals surface area contributed by atoms with Crippen molar-refractivity contribution in [3.8, 4) is 11.3 Å². The molecule has 2 aromatic heterocycles. The summed E-state index contributed by atoms with van der Waals surface area (Å²) in [5.41, 5.74) is 7.52. The van der Waals surface area contributed by atoms with E-state index in [4.69, 9.17) is 14.9 Å². The van der Waals surface area contributed by atoms with Gasteiger partial charge in [-0.1, -0.05) is 0 Å². The van der Waals surface area contributed by atoms with E-state index in [0.29, 0.717) is 17.6 Å². The van der Waals surface area contributed by atoms with Crippen molar-refractivity contribution in [3.63, 3.8) is 0 Å². The highest BCUT2D eigenvalue weighted by Gasteiger charge is 2.15. The molecule has 106 valence electrons. The second kappa shape index (κ2) is 5.92. The van der Waals surface area contributed by atoms with Crippen molar-refractivity contribution in [2.24, 2.45) is 5.92 Å². The van der Waals surface area contributed by atoms with Gasteiger partial charge in [0.25, 0.3) is 0 Å². The molecule has 0 bridgehead atoms. The Hall–Kier alpha value is -2.08. The predicted octanol–water partition coefficient (Wildman–Crippen LogP) is 2.16. The van der Waals surface area contributed by atoms with Crippen LogP contribution in [0.1, 0.15) is 12.8 Å². The van der Waals surface area contributed by atoms with E-state index in [9.17, 15) is 0 Å².